The average molecular weight is 485 g/mol. The summed E-state index contributed by atoms with van der Waals surface area (Å²) in [6.07, 6.45) is 16.1. The van der Waals surface area contributed by atoms with E-state index in [-0.39, 0.29) is 46.0 Å². The van der Waals surface area contributed by atoms with Gasteiger partial charge in [0, 0.05) is 0 Å². The molecular weight excluding hydrogens is 447 g/mol. The van der Waals surface area contributed by atoms with Crippen molar-refractivity contribution >= 4 is 10.1 Å². The molecule has 178 valence electrons. The van der Waals surface area contributed by atoms with Gasteiger partial charge in [0.25, 0.3) is 10.1 Å². The third-order valence-corrected chi connectivity index (χ3v) is 6.57. The number of unbranched alkanes of at least 4 members (excludes halogenated alkanes) is 11. The van der Waals surface area contributed by atoms with Crippen LogP contribution in [0.25, 0.3) is 0 Å². The molecule has 0 saturated heterocycles. The van der Waals surface area contributed by atoms with Crippen LogP contribution in [-0.2, 0) is 16.5 Å². The van der Waals surface area contributed by atoms with E-state index in [0.717, 1.165) is 24.8 Å². The first-order valence-electron chi connectivity index (χ1n) is 12.0. The molecule has 0 amide bonds. The summed E-state index contributed by atoms with van der Waals surface area (Å²) in [6, 6.07) is 10.5. The van der Waals surface area contributed by atoms with Gasteiger partial charge in [-0.3, -0.25) is 4.55 Å². The number of ether oxygens (including phenoxy) is 1. The fourth-order valence-electron chi connectivity index (χ4n) is 3.83. The Morgan fingerprint density at radius 3 is 1.82 bits per heavy atom. The minimum atomic E-state index is -4.26. The molecule has 7 heteroatoms. The maximum absolute atomic E-state index is 12.3. The van der Waals surface area contributed by atoms with Crippen LogP contribution in [0.3, 0.4) is 0 Å². The van der Waals surface area contributed by atoms with Crippen molar-refractivity contribution in [2.24, 2.45) is 0 Å². The predicted octanol–water partition coefficient (Wildman–Crippen LogP) is 4.05. The van der Waals surface area contributed by atoms with Gasteiger partial charge in [-0.05, 0) is 42.7 Å². The molecular formula is C26H37NaO5S. The molecule has 2 rings (SSSR count). The average Bonchev–Trinajstić information content (AvgIpc) is 2.76. The van der Waals surface area contributed by atoms with Crippen molar-refractivity contribution in [1.29, 1.82) is 0 Å². The number of hydrogen-bond donors (Lipinski definition) is 1. The van der Waals surface area contributed by atoms with Crippen LogP contribution < -0.4 is 39.4 Å². The molecule has 1 N–H and O–H groups in total. The van der Waals surface area contributed by atoms with Gasteiger partial charge in [-0.25, -0.2) is 0 Å². The van der Waals surface area contributed by atoms with Gasteiger partial charge in [-0.1, -0.05) is 102 Å². The zero-order valence-electron chi connectivity index (χ0n) is 20.2. The van der Waals surface area contributed by atoms with Gasteiger partial charge in [0.1, 0.15) is 11.5 Å². The SMILES string of the molecule is CCCCCCCCCCCCCCc1cccc([O-])c1Oc1ccc(S(=O)(=O)O)cc1.[Na+]. The van der Waals surface area contributed by atoms with Crippen molar-refractivity contribution in [3.63, 3.8) is 0 Å². The molecule has 0 aliphatic rings. The summed E-state index contributed by atoms with van der Waals surface area (Å²) in [5, 5.41) is 12.3. The fraction of sp³-hybridized carbons (Fsp3) is 0.538. The largest absolute Gasteiger partial charge is 1.00 e. The van der Waals surface area contributed by atoms with E-state index < -0.39 is 10.1 Å². The first-order valence-corrected chi connectivity index (χ1v) is 13.4. The van der Waals surface area contributed by atoms with Crippen molar-refractivity contribution in [2.45, 2.75) is 95.3 Å². The van der Waals surface area contributed by atoms with Gasteiger partial charge < -0.3 is 9.84 Å². The smallest absolute Gasteiger partial charge is 0.870 e. The van der Waals surface area contributed by atoms with Crippen molar-refractivity contribution in [2.75, 3.05) is 0 Å². The van der Waals surface area contributed by atoms with Crippen LogP contribution in [0, 0.1) is 0 Å². The molecule has 33 heavy (non-hydrogen) atoms. The maximum atomic E-state index is 12.3. The van der Waals surface area contributed by atoms with Crippen LogP contribution in [0.15, 0.2) is 47.4 Å². The van der Waals surface area contributed by atoms with E-state index in [1.807, 2.05) is 6.07 Å². The quantitative estimate of drug-likeness (QED) is 0.221. The summed E-state index contributed by atoms with van der Waals surface area (Å²) in [7, 11) is -4.26. The Morgan fingerprint density at radius 2 is 1.30 bits per heavy atom. The molecule has 0 heterocycles. The second-order valence-electron chi connectivity index (χ2n) is 8.43. The summed E-state index contributed by atoms with van der Waals surface area (Å²) in [4.78, 5) is -0.211. The van der Waals surface area contributed by atoms with Crippen LogP contribution in [-0.4, -0.2) is 13.0 Å². The monoisotopic (exact) mass is 484 g/mol. The van der Waals surface area contributed by atoms with Crippen LogP contribution >= 0.6 is 0 Å². The summed E-state index contributed by atoms with van der Waals surface area (Å²) in [5.41, 5.74) is 0.864. The van der Waals surface area contributed by atoms with Gasteiger partial charge in [-0.2, -0.15) is 8.42 Å². The molecule has 0 radical (unpaired) electrons. The maximum Gasteiger partial charge on any atom is 1.00 e. The zero-order valence-corrected chi connectivity index (χ0v) is 23.0. The normalized spacial score (nSPS) is 11.2. The van der Waals surface area contributed by atoms with E-state index in [1.54, 1.807) is 6.07 Å². The van der Waals surface area contributed by atoms with Crippen molar-refractivity contribution in [1.82, 2.24) is 0 Å². The summed E-state index contributed by atoms with van der Waals surface area (Å²) in [5.74, 6) is 0.451. The van der Waals surface area contributed by atoms with Crippen molar-refractivity contribution in [3.05, 3.63) is 48.0 Å². The topological polar surface area (TPSA) is 86.7 Å². The van der Waals surface area contributed by atoms with Crippen LogP contribution in [0.5, 0.6) is 17.2 Å². The molecule has 0 aromatic heterocycles. The Labute approximate surface area is 222 Å². The minimum Gasteiger partial charge on any atom is -0.870 e. The van der Waals surface area contributed by atoms with E-state index >= 15 is 0 Å². The van der Waals surface area contributed by atoms with E-state index in [9.17, 15) is 13.5 Å². The van der Waals surface area contributed by atoms with E-state index in [1.165, 1.54) is 94.5 Å². The van der Waals surface area contributed by atoms with Crippen molar-refractivity contribution < 1.29 is 52.4 Å². The Morgan fingerprint density at radius 1 is 0.788 bits per heavy atom. The van der Waals surface area contributed by atoms with E-state index in [4.69, 9.17) is 9.29 Å². The molecule has 2 aromatic carbocycles. The van der Waals surface area contributed by atoms with Gasteiger partial charge in [0.2, 0.25) is 0 Å². The number of benzene rings is 2. The number of para-hydroxylation sites is 1. The molecule has 0 unspecified atom stereocenters. The second-order valence-corrected chi connectivity index (χ2v) is 9.85. The van der Waals surface area contributed by atoms with E-state index in [0.29, 0.717) is 5.75 Å². The first kappa shape index (κ1) is 30.0. The van der Waals surface area contributed by atoms with Crippen LogP contribution in [0.4, 0.5) is 0 Å². The third kappa shape index (κ3) is 11.8. The number of rotatable bonds is 16. The molecule has 0 fully saturated rings. The Balaban J connectivity index is 0.00000544. The molecule has 0 saturated carbocycles. The first-order chi connectivity index (χ1) is 15.4. The third-order valence-electron chi connectivity index (χ3n) is 5.70. The predicted molar refractivity (Wildman–Crippen MR) is 127 cm³/mol. The number of hydrogen-bond acceptors (Lipinski definition) is 4. The number of aryl methyl sites for hydroxylation is 1. The minimum absolute atomic E-state index is 0. The molecule has 0 bridgehead atoms. The van der Waals surface area contributed by atoms with Crippen LogP contribution in [0.1, 0.15) is 89.5 Å². The molecule has 5 nitrogen and oxygen atoms in total. The van der Waals surface area contributed by atoms with E-state index in [2.05, 4.69) is 6.92 Å². The Bertz CT molecular complexity index is 897. The van der Waals surface area contributed by atoms with Gasteiger partial charge in [0.15, 0.2) is 0 Å². The van der Waals surface area contributed by atoms with Crippen molar-refractivity contribution in [3.8, 4) is 17.2 Å². The summed E-state index contributed by atoms with van der Waals surface area (Å²) >= 11 is 0. The molecule has 0 atom stereocenters. The summed E-state index contributed by atoms with van der Waals surface area (Å²) in [6.45, 7) is 2.25. The van der Waals surface area contributed by atoms with Gasteiger partial charge in [-0.15, -0.1) is 0 Å². The molecule has 2 aromatic rings. The van der Waals surface area contributed by atoms with Gasteiger partial charge >= 0.3 is 29.6 Å². The molecule has 0 spiro atoms. The molecule has 0 aliphatic carbocycles. The second kappa shape index (κ2) is 16.6. The molecule has 0 aliphatic heterocycles. The zero-order chi connectivity index (χ0) is 23.2. The Kier molecular flexibility index (Phi) is 15.0. The summed E-state index contributed by atoms with van der Waals surface area (Å²) < 4.78 is 37.2. The standard InChI is InChI=1S/C26H38O5S.Na/c1-2-3-4-5-6-7-8-9-10-11-12-13-15-22-16-14-17-25(27)26(22)31-23-18-20-24(21-19-23)32(28,29)30;/h14,16-21,27H,2-13,15H2,1H3,(H,28,29,30);/q;+1/p-1. The Hall–Kier alpha value is -1.05. The fourth-order valence-corrected chi connectivity index (χ4v) is 4.31. The van der Waals surface area contributed by atoms with Crippen LogP contribution in [0.2, 0.25) is 0 Å². The van der Waals surface area contributed by atoms with Gasteiger partial charge in [0.05, 0.1) is 4.90 Å².